The number of nitrogens with one attached hydrogen (secondary N) is 1. The lowest BCUT2D eigenvalue weighted by atomic mass is 10.1. The summed E-state index contributed by atoms with van der Waals surface area (Å²) in [7, 11) is 0. The van der Waals surface area contributed by atoms with Crippen LogP contribution in [-0.2, 0) is 6.42 Å². The lowest BCUT2D eigenvalue weighted by molar-refractivity contribution is 0.469. The zero-order chi connectivity index (χ0) is 11.1. The predicted molar refractivity (Wildman–Crippen MR) is 71.0 cm³/mol. The van der Waals surface area contributed by atoms with Crippen molar-refractivity contribution in [2.75, 3.05) is 0 Å². The fraction of sp³-hybridized carbons (Fsp3) is 0.636. The second-order valence-electron chi connectivity index (χ2n) is 3.76. The number of hydrazine groups is 1. The van der Waals surface area contributed by atoms with Gasteiger partial charge in [-0.2, -0.15) is 0 Å². The third kappa shape index (κ3) is 4.64. The monoisotopic (exact) mass is 290 g/mol. The van der Waals surface area contributed by atoms with Crippen LogP contribution in [0.2, 0.25) is 0 Å². The van der Waals surface area contributed by atoms with E-state index in [1.807, 2.05) is 0 Å². The van der Waals surface area contributed by atoms with Gasteiger partial charge < -0.3 is 0 Å². The molecule has 0 amide bonds. The minimum Gasteiger partial charge on any atom is -0.271 e. The number of unbranched alkanes of at least 4 members (excludes halogenated alkanes) is 2. The average Bonchev–Trinajstić information content (AvgIpc) is 2.63. The minimum absolute atomic E-state index is 0.409. The quantitative estimate of drug-likeness (QED) is 0.458. The largest absolute Gasteiger partial charge is 0.271 e. The number of halogens is 1. The van der Waals surface area contributed by atoms with Gasteiger partial charge in [0, 0.05) is 15.4 Å². The normalized spacial score (nSPS) is 13.0. The standard InChI is InChI=1S/C11H19BrN2S/c1-2-3-4-5-9(14-13)8-11-10(12)6-7-15-11/h6-7,9,14H,2-5,8,13H2,1H3. The maximum Gasteiger partial charge on any atom is 0.0314 e. The smallest absolute Gasteiger partial charge is 0.0314 e. The van der Waals surface area contributed by atoms with Crippen LogP contribution in [0, 0.1) is 0 Å². The highest BCUT2D eigenvalue weighted by Gasteiger charge is 2.10. The summed E-state index contributed by atoms with van der Waals surface area (Å²) in [6.45, 7) is 2.22. The van der Waals surface area contributed by atoms with Crippen molar-refractivity contribution in [3.8, 4) is 0 Å². The van der Waals surface area contributed by atoms with Crippen molar-refractivity contribution < 1.29 is 0 Å². The van der Waals surface area contributed by atoms with E-state index in [1.165, 1.54) is 28.6 Å². The SMILES string of the molecule is CCCCCC(Cc1sccc1Br)NN. The zero-order valence-electron chi connectivity index (χ0n) is 9.13. The summed E-state index contributed by atoms with van der Waals surface area (Å²) in [4.78, 5) is 1.38. The van der Waals surface area contributed by atoms with Gasteiger partial charge in [0.05, 0.1) is 0 Å². The second-order valence-corrected chi connectivity index (χ2v) is 5.61. The molecule has 1 rings (SSSR count). The molecule has 1 unspecified atom stereocenters. The van der Waals surface area contributed by atoms with Crippen molar-refractivity contribution in [3.63, 3.8) is 0 Å². The van der Waals surface area contributed by atoms with E-state index in [0.29, 0.717) is 6.04 Å². The van der Waals surface area contributed by atoms with Crippen LogP contribution in [0.5, 0.6) is 0 Å². The van der Waals surface area contributed by atoms with Gasteiger partial charge in [0.25, 0.3) is 0 Å². The highest BCUT2D eigenvalue weighted by Crippen LogP contribution is 2.24. The summed E-state index contributed by atoms with van der Waals surface area (Å²) < 4.78 is 1.21. The Morgan fingerprint density at radius 3 is 2.87 bits per heavy atom. The van der Waals surface area contributed by atoms with E-state index in [9.17, 15) is 0 Å². The first-order valence-corrected chi connectivity index (χ1v) is 7.13. The molecule has 2 nitrogen and oxygen atoms in total. The lowest BCUT2D eigenvalue weighted by Crippen LogP contribution is -2.36. The van der Waals surface area contributed by atoms with Crippen LogP contribution < -0.4 is 11.3 Å². The van der Waals surface area contributed by atoms with Crippen molar-refractivity contribution in [3.05, 3.63) is 20.8 Å². The Balaban J connectivity index is 2.36. The van der Waals surface area contributed by atoms with Crippen molar-refractivity contribution in [1.82, 2.24) is 5.43 Å². The summed E-state index contributed by atoms with van der Waals surface area (Å²) in [6.07, 6.45) is 6.01. The summed E-state index contributed by atoms with van der Waals surface area (Å²) in [5, 5.41) is 2.11. The fourth-order valence-electron chi connectivity index (χ4n) is 1.58. The first-order valence-electron chi connectivity index (χ1n) is 5.46. The average molecular weight is 291 g/mol. The molecule has 3 N–H and O–H groups in total. The summed E-state index contributed by atoms with van der Waals surface area (Å²) >= 11 is 5.34. The molecular formula is C11H19BrN2S. The van der Waals surface area contributed by atoms with Gasteiger partial charge in [0.2, 0.25) is 0 Å². The third-order valence-corrected chi connectivity index (χ3v) is 4.46. The predicted octanol–water partition coefficient (Wildman–Crippen LogP) is 3.47. The van der Waals surface area contributed by atoms with Gasteiger partial charge in [-0.25, -0.2) is 0 Å². The van der Waals surface area contributed by atoms with Crippen LogP contribution in [-0.4, -0.2) is 6.04 Å². The molecule has 0 radical (unpaired) electrons. The second kappa shape index (κ2) is 7.39. The molecule has 0 aromatic carbocycles. The first kappa shape index (κ1) is 13.2. The Hall–Kier alpha value is 0.1000. The van der Waals surface area contributed by atoms with Crippen LogP contribution in [0.1, 0.15) is 37.5 Å². The van der Waals surface area contributed by atoms with E-state index < -0.39 is 0 Å². The Morgan fingerprint density at radius 1 is 1.53 bits per heavy atom. The Labute approximate surface area is 104 Å². The van der Waals surface area contributed by atoms with Crippen LogP contribution in [0.4, 0.5) is 0 Å². The van der Waals surface area contributed by atoms with E-state index >= 15 is 0 Å². The van der Waals surface area contributed by atoms with Gasteiger partial charge in [-0.05, 0) is 40.2 Å². The van der Waals surface area contributed by atoms with Gasteiger partial charge in [-0.3, -0.25) is 11.3 Å². The van der Waals surface area contributed by atoms with Crippen LogP contribution in [0.25, 0.3) is 0 Å². The van der Waals surface area contributed by atoms with Crippen LogP contribution >= 0.6 is 27.3 Å². The minimum atomic E-state index is 0.409. The maximum atomic E-state index is 5.56. The Kier molecular flexibility index (Phi) is 6.48. The van der Waals surface area contributed by atoms with E-state index in [2.05, 4.69) is 39.7 Å². The highest BCUT2D eigenvalue weighted by atomic mass is 79.9. The molecule has 0 saturated carbocycles. The van der Waals surface area contributed by atoms with Gasteiger partial charge in [-0.15, -0.1) is 11.3 Å². The molecule has 1 atom stereocenters. The number of hydrogen-bond acceptors (Lipinski definition) is 3. The summed E-state index contributed by atoms with van der Waals surface area (Å²) in [5.41, 5.74) is 2.91. The fourth-order valence-corrected chi connectivity index (χ4v) is 3.18. The van der Waals surface area contributed by atoms with E-state index in [1.54, 1.807) is 11.3 Å². The molecule has 1 aromatic heterocycles. The highest BCUT2D eigenvalue weighted by molar-refractivity contribution is 9.10. The molecule has 1 heterocycles. The molecule has 0 spiro atoms. The molecule has 0 aliphatic heterocycles. The van der Waals surface area contributed by atoms with Crippen molar-refractivity contribution in [2.24, 2.45) is 5.84 Å². The molecule has 0 aliphatic rings. The molecule has 86 valence electrons. The number of rotatable bonds is 7. The Bertz CT molecular complexity index is 275. The molecule has 0 fully saturated rings. The molecule has 0 bridgehead atoms. The lowest BCUT2D eigenvalue weighted by Gasteiger charge is -2.14. The van der Waals surface area contributed by atoms with Crippen molar-refractivity contribution >= 4 is 27.3 Å². The maximum absolute atomic E-state index is 5.56. The number of hydrogen-bond donors (Lipinski definition) is 2. The summed E-state index contributed by atoms with van der Waals surface area (Å²) in [5.74, 6) is 5.56. The molecular weight excluding hydrogens is 272 g/mol. The number of thiophene rings is 1. The molecule has 0 aliphatic carbocycles. The zero-order valence-corrected chi connectivity index (χ0v) is 11.5. The van der Waals surface area contributed by atoms with E-state index in [0.717, 1.165) is 12.8 Å². The van der Waals surface area contributed by atoms with Gasteiger partial charge in [0.1, 0.15) is 0 Å². The first-order chi connectivity index (χ1) is 7.27. The van der Waals surface area contributed by atoms with Crippen LogP contribution in [0.3, 0.4) is 0 Å². The van der Waals surface area contributed by atoms with Gasteiger partial charge >= 0.3 is 0 Å². The number of nitrogens with two attached hydrogens (primary N) is 1. The van der Waals surface area contributed by atoms with E-state index in [-0.39, 0.29) is 0 Å². The molecule has 0 saturated heterocycles. The van der Waals surface area contributed by atoms with Crippen molar-refractivity contribution in [1.29, 1.82) is 0 Å². The van der Waals surface area contributed by atoms with Crippen LogP contribution in [0.15, 0.2) is 15.9 Å². The topological polar surface area (TPSA) is 38.0 Å². The Morgan fingerprint density at radius 2 is 2.33 bits per heavy atom. The molecule has 4 heteroatoms. The third-order valence-electron chi connectivity index (χ3n) is 2.51. The summed E-state index contributed by atoms with van der Waals surface area (Å²) in [6, 6.07) is 2.51. The van der Waals surface area contributed by atoms with Crippen molar-refractivity contribution in [2.45, 2.75) is 45.1 Å². The molecule has 1 aromatic rings. The van der Waals surface area contributed by atoms with Gasteiger partial charge in [0.15, 0.2) is 0 Å². The van der Waals surface area contributed by atoms with Gasteiger partial charge in [-0.1, -0.05) is 26.2 Å². The molecule has 15 heavy (non-hydrogen) atoms. The van der Waals surface area contributed by atoms with E-state index in [4.69, 9.17) is 5.84 Å².